The third-order valence-electron chi connectivity index (χ3n) is 5.74. The van der Waals surface area contributed by atoms with E-state index < -0.39 is 0 Å². The van der Waals surface area contributed by atoms with Crippen LogP contribution in [0.5, 0.6) is 0 Å². The van der Waals surface area contributed by atoms with Crippen molar-refractivity contribution in [2.75, 3.05) is 6.54 Å². The number of benzene rings is 1. The predicted molar refractivity (Wildman–Crippen MR) is 122 cm³/mol. The molecule has 32 heavy (non-hydrogen) atoms. The minimum Gasteiger partial charge on any atom is 0 e. The normalized spacial score (nSPS) is 18.9. The molecule has 0 aliphatic carbocycles. The van der Waals surface area contributed by atoms with Crippen LogP contribution in [-0.4, -0.2) is 36.1 Å². The largest absolute Gasteiger partial charge is 0 e. The summed E-state index contributed by atoms with van der Waals surface area (Å²) < 4.78 is 2.57. The first-order chi connectivity index (χ1) is 15.0. The Morgan fingerprint density at radius 3 is 2.62 bits per heavy atom. The monoisotopic (exact) mass is 839 g/mol. The van der Waals surface area contributed by atoms with Gasteiger partial charge in [0.1, 0.15) is 0 Å². The molecule has 1 radical (unpaired) electrons. The van der Waals surface area contributed by atoms with Crippen molar-refractivity contribution in [3.8, 4) is 0 Å². The third kappa shape index (κ3) is 6.45. The van der Waals surface area contributed by atoms with Crippen molar-refractivity contribution in [2.24, 2.45) is 4.99 Å². The quantitative estimate of drug-likeness (QED) is 0.398. The molecule has 4 nitrogen and oxygen atoms in total. The van der Waals surface area contributed by atoms with Gasteiger partial charge in [-0.15, -0.1) is 0 Å². The van der Waals surface area contributed by atoms with E-state index in [0.717, 1.165) is 30.9 Å². The van der Waals surface area contributed by atoms with Gasteiger partial charge in [0.2, 0.25) is 0 Å². The van der Waals surface area contributed by atoms with Crippen molar-refractivity contribution in [1.82, 2.24) is 15.3 Å². The summed E-state index contributed by atoms with van der Waals surface area (Å²) in [6.07, 6.45) is 12.5. The Morgan fingerprint density at radius 2 is 1.94 bits per heavy atom. The second kappa shape index (κ2) is 12.5. The van der Waals surface area contributed by atoms with Crippen molar-refractivity contribution in [2.45, 2.75) is 37.6 Å². The van der Waals surface area contributed by atoms with E-state index in [1.807, 2.05) is 6.20 Å². The maximum atomic E-state index is 4.69. The van der Waals surface area contributed by atoms with Crippen LogP contribution in [0.3, 0.4) is 0 Å². The number of hydrogen-bond acceptors (Lipinski definition) is 3. The number of nitrogens with zero attached hydrogens (tertiary/aromatic N) is 2. The summed E-state index contributed by atoms with van der Waals surface area (Å²) in [7, 11) is 0. The van der Waals surface area contributed by atoms with Gasteiger partial charge in [0, 0.05) is 32.7 Å². The Bertz CT molecular complexity index is 1060. The minimum atomic E-state index is 0. The van der Waals surface area contributed by atoms with Crippen LogP contribution in [0.25, 0.3) is 5.57 Å². The van der Waals surface area contributed by atoms with Crippen LogP contribution in [0.1, 0.15) is 54.2 Å². The van der Waals surface area contributed by atoms with Gasteiger partial charge in [-0.3, -0.25) is 0 Å². The van der Waals surface area contributed by atoms with Gasteiger partial charge in [-0.2, -0.15) is 0 Å². The topological polar surface area (TPSA) is 53.1 Å². The molecule has 0 bridgehead atoms. The van der Waals surface area contributed by atoms with Gasteiger partial charge in [0.25, 0.3) is 0 Å². The molecule has 0 amide bonds. The van der Waals surface area contributed by atoms with E-state index in [-0.39, 0.29) is 38.6 Å². The fraction of sp³-hybridized carbons (Fsp3) is 0.280. The molecular formula is C25H26N4W2Y-2. The summed E-state index contributed by atoms with van der Waals surface area (Å²) in [5, 5.41) is 3.55. The molecule has 0 spiro atoms. The number of imidazole rings is 1. The van der Waals surface area contributed by atoms with E-state index in [2.05, 4.69) is 71.7 Å². The Hall–Kier alpha value is -0.239. The van der Waals surface area contributed by atoms with Gasteiger partial charge in [-0.1, -0.05) is 0 Å². The van der Waals surface area contributed by atoms with Crippen LogP contribution in [0, 0.1) is 13.8 Å². The van der Waals surface area contributed by atoms with Crippen molar-refractivity contribution < 1.29 is 71.4 Å². The fourth-order valence-electron chi connectivity index (χ4n) is 3.80. The third-order valence-corrected chi connectivity index (χ3v) is 8.36. The molecule has 2 aromatic rings. The maximum absolute atomic E-state index is 4.69. The smallest absolute Gasteiger partial charge is 0 e. The summed E-state index contributed by atoms with van der Waals surface area (Å²) >= 11 is 2.87. The predicted octanol–water partition coefficient (Wildman–Crippen LogP) is 3.88. The average molecular weight is 839 g/mol. The summed E-state index contributed by atoms with van der Waals surface area (Å²) in [6.45, 7) is 9.11. The Kier molecular flexibility index (Phi) is 10.3. The SMILES string of the molecule is [CH2-]CC([CH2-])c1ncc([C](=[W])/C=C\[C](=[W])c2ccc(C3=CN=C(C4CCCN4)C3)cc2)[nH]1.[Y]. The van der Waals surface area contributed by atoms with Crippen LogP contribution in [-0.2, 0) is 71.4 Å². The van der Waals surface area contributed by atoms with Crippen molar-refractivity contribution in [3.05, 3.63) is 85.3 Å². The Labute approximate surface area is 238 Å². The van der Waals surface area contributed by atoms with E-state index in [0.29, 0.717) is 6.04 Å². The van der Waals surface area contributed by atoms with E-state index in [1.165, 1.54) is 81.8 Å². The second-order valence-electron chi connectivity index (χ2n) is 7.91. The summed E-state index contributed by atoms with van der Waals surface area (Å²) in [4.78, 5) is 12.5. The van der Waals surface area contributed by atoms with Gasteiger partial charge < -0.3 is 0 Å². The van der Waals surface area contributed by atoms with Gasteiger partial charge in [0.05, 0.1) is 0 Å². The first-order valence-electron chi connectivity index (χ1n) is 10.6. The molecule has 3 heterocycles. The molecule has 1 aromatic heterocycles. The minimum absolute atomic E-state index is 0. The number of hydrogen-bond donors (Lipinski definition) is 2. The molecule has 2 N–H and O–H groups in total. The number of rotatable bonds is 8. The molecule has 1 fully saturated rings. The molecular weight excluding hydrogens is 813 g/mol. The second-order valence-corrected chi connectivity index (χ2v) is 11.1. The molecule has 2 unspecified atom stereocenters. The maximum Gasteiger partial charge on any atom is 0 e. The number of allylic oxidation sites excluding steroid dienone is 3. The average Bonchev–Trinajstić information content (AvgIpc) is 3.57. The number of aromatic amines is 1. The Balaban J connectivity index is 0.00000289. The van der Waals surface area contributed by atoms with E-state index in [1.54, 1.807) is 0 Å². The first-order valence-corrected chi connectivity index (χ1v) is 13.5. The van der Waals surface area contributed by atoms with Gasteiger partial charge in [0.15, 0.2) is 0 Å². The van der Waals surface area contributed by atoms with Crippen LogP contribution in [0.2, 0.25) is 0 Å². The zero-order valence-electron chi connectivity index (χ0n) is 18.0. The zero-order chi connectivity index (χ0) is 21.8. The van der Waals surface area contributed by atoms with Crippen LogP contribution in [0.15, 0.2) is 53.8 Å². The molecule has 1 saturated heterocycles. The van der Waals surface area contributed by atoms with E-state index in [4.69, 9.17) is 4.99 Å². The number of aromatic nitrogens is 2. The fourth-order valence-corrected chi connectivity index (χ4v) is 5.15. The van der Waals surface area contributed by atoms with E-state index in [9.17, 15) is 0 Å². The number of nitrogens with one attached hydrogen (secondary N) is 2. The first kappa shape index (κ1) is 26.4. The van der Waals surface area contributed by atoms with Gasteiger partial charge >= 0.3 is 208 Å². The molecule has 4 rings (SSSR count). The van der Waals surface area contributed by atoms with Crippen LogP contribution < -0.4 is 5.32 Å². The van der Waals surface area contributed by atoms with Gasteiger partial charge in [-0.05, 0) is 0 Å². The standard InChI is InChI=1S/C25H26N4.2W.Y/c1-3-18(2)25-28-17-22(29-25)8-5-4-7-19-10-12-20(13-11-19)21-15-24(27-16-21)23-9-6-14-26-23;;;/h4-5,10-13,16-18,23,26H,1-3,6,9,14-15H2,(H,28,29);;;/q-2;;;/b5-4-;;;. The van der Waals surface area contributed by atoms with Crippen molar-refractivity contribution in [3.63, 3.8) is 0 Å². The number of H-pyrrole nitrogens is 1. The molecule has 1 aromatic carbocycles. The molecule has 2 aliphatic rings. The molecule has 2 atom stereocenters. The molecule has 163 valence electrons. The van der Waals surface area contributed by atoms with Crippen LogP contribution >= 0.6 is 0 Å². The zero-order valence-corrected chi connectivity index (χ0v) is 26.7. The van der Waals surface area contributed by atoms with Gasteiger partial charge in [-0.25, -0.2) is 0 Å². The number of aliphatic imine (C=N–C) groups is 1. The molecule has 0 saturated carbocycles. The summed E-state index contributed by atoms with van der Waals surface area (Å²) in [5.74, 6) is 1.03. The summed E-state index contributed by atoms with van der Waals surface area (Å²) in [5.41, 5.74) is 6.24. The molecule has 7 heteroatoms. The van der Waals surface area contributed by atoms with Crippen molar-refractivity contribution >= 4 is 19.1 Å². The van der Waals surface area contributed by atoms with E-state index >= 15 is 0 Å². The molecule has 2 aliphatic heterocycles. The van der Waals surface area contributed by atoms with Crippen molar-refractivity contribution in [1.29, 1.82) is 0 Å². The Morgan fingerprint density at radius 1 is 1.19 bits per heavy atom. The summed E-state index contributed by atoms with van der Waals surface area (Å²) in [6, 6.07) is 9.39. The van der Waals surface area contributed by atoms with Crippen LogP contribution in [0.4, 0.5) is 0 Å².